The molecule has 0 amide bonds. The van der Waals surface area contributed by atoms with Crippen molar-refractivity contribution >= 4 is 21.6 Å². The largest absolute Gasteiger partial charge is 0.419 e. The molecule has 15 heavy (non-hydrogen) atoms. The molecule has 0 aliphatic rings. The SMILES string of the molecule is Nc1ccc(Oc2ncccc2Br)nc1. The number of nitrogen functional groups attached to an aromatic ring is 1. The molecule has 0 atom stereocenters. The summed E-state index contributed by atoms with van der Waals surface area (Å²) in [6.45, 7) is 0. The molecule has 0 aromatic carbocycles. The third-order valence-electron chi connectivity index (χ3n) is 1.69. The summed E-state index contributed by atoms with van der Waals surface area (Å²) in [5, 5.41) is 0. The Bertz CT molecular complexity index is 458. The van der Waals surface area contributed by atoms with Gasteiger partial charge in [0.05, 0.1) is 16.4 Å². The molecule has 0 saturated carbocycles. The van der Waals surface area contributed by atoms with Crippen molar-refractivity contribution in [1.82, 2.24) is 9.97 Å². The number of hydrogen-bond acceptors (Lipinski definition) is 4. The van der Waals surface area contributed by atoms with Crippen LogP contribution in [0.1, 0.15) is 0 Å². The second-order valence-corrected chi connectivity index (χ2v) is 3.68. The number of ether oxygens (including phenoxy) is 1. The van der Waals surface area contributed by atoms with Gasteiger partial charge in [-0.05, 0) is 34.1 Å². The minimum atomic E-state index is 0.462. The number of hydrogen-bond donors (Lipinski definition) is 1. The van der Waals surface area contributed by atoms with Crippen LogP contribution in [0.5, 0.6) is 11.8 Å². The Hall–Kier alpha value is -1.62. The molecule has 5 heteroatoms. The van der Waals surface area contributed by atoms with Crippen LogP contribution in [0.3, 0.4) is 0 Å². The summed E-state index contributed by atoms with van der Waals surface area (Å²) in [5.41, 5.74) is 6.11. The highest BCUT2D eigenvalue weighted by molar-refractivity contribution is 9.10. The number of rotatable bonds is 2. The minimum absolute atomic E-state index is 0.462. The molecule has 2 rings (SSSR count). The van der Waals surface area contributed by atoms with Gasteiger partial charge >= 0.3 is 0 Å². The van der Waals surface area contributed by atoms with E-state index < -0.39 is 0 Å². The van der Waals surface area contributed by atoms with Crippen molar-refractivity contribution < 1.29 is 4.74 Å². The zero-order valence-corrected chi connectivity index (χ0v) is 9.31. The average molecular weight is 266 g/mol. The summed E-state index contributed by atoms with van der Waals surface area (Å²) in [5.74, 6) is 0.943. The van der Waals surface area contributed by atoms with Gasteiger partial charge in [-0.2, -0.15) is 0 Å². The van der Waals surface area contributed by atoms with E-state index in [1.165, 1.54) is 6.20 Å². The van der Waals surface area contributed by atoms with E-state index in [0.717, 1.165) is 4.47 Å². The maximum atomic E-state index is 5.51. The molecular formula is C10H8BrN3O. The molecule has 0 spiro atoms. The van der Waals surface area contributed by atoms with E-state index in [2.05, 4.69) is 25.9 Å². The number of nitrogens with two attached hydrogens (primary N) is 1. The summed E-state index contributed by atoms with van der Waals surface area (Å²) in [4.78, 5) is 8.06. The Kier molecular flexibility index (Phi) is 2.82. The molecule has 0 fully saturated rings. The lowest BCUT2D eigenvalue weighted by Crippen LogP contribution is -1.92. The smallest absolute Gasteiger partial charge is 0.235 e. The Balaban J connectivity index is 2.22. The zero-order chi connectivity index (χ0) is 10.7. The maximum Gasteiger partial charge on any atom is 0.235 e. The van der Waals surface area contributed by atoms with Gasteiger partial charge in [-0.1, -0.05) is 0 Å². The third-order valence-corrected chi connectivity index (χ3v) is 2.29. The molecule has 76 valence electrons. The quantitative estimate of drug-likeness (QED) is 0.907. The van der Waals surface area contributed by atoms with Crippen LogP contribution >= 0.6 is 15.9 Å². The standard InChI is InChI=1S/C10H8BrN3O/c11-8-2-1-5-13-10(8)15-9-4-3-7(12)6-14-9/h1-6H,12H2. The van der Waals surface area contributed by atoms with Crippen LogP contribution < -0.4 is 10.5 Å². The lowest BCUT2D eigenvalue weighted by atomic mass is 10.4. The van der Waals surface area contributed by atoms with Crippen LogP contribution in [0.2, 0.25) is 0 Å². The van der Waals surface area contributed by atoms with Gasteiger partial charge in [0.2, 0.25) is 11.8 Å². The van der Waals surface area contributed by atoms with Gasteiger partial charge in [0.15, 0.2) is 0 Å². The van der Waals surface area contributed by atoms with Crippen molar-refractivity contribution in [3.63, 3.8) is 0 Å². The molecular weight excluding hydrogens is 258 g/mol. The van der Waals surface area contributed by atoms with E-state index >= 15 is 0 Å². The molecule has 0 saturated heterocycles. The molecule has 4 nitrogen and oxygen atoms in total. The van der Waals surface area contributed by atoms with Gasteiger partial charge in [0.25, 0.3) is 0 Å². The molecule has 0 aliphatic heterocycles. The normalized spacial score (nSPS) is 9.93. The van der Waals surface area contributed by atoms with Crippen LogP contribution in [-0.4, -0.2) is 9.97 Å². The lowest BCUT2D eigenvalue weighted by Gasteiger charge is -2.04. The predicted octanol–water partition coefficient (Wildman–Crippen LogP) is 2.61. The highest BCUT2D eigenvalue weighted by atomic mass is 79.9. The maximum absolute atomic E-state index is 5.51. The summed E-state index contributed by atoms with van der Waals surface area (Å²) in [6, 6.07) is 7.07. The molecule has 2 aromatic heterocycles. The van der Waals surface area contributed by atoms with Crippen molar-refractivity contribution in [2.24, 2.45) is 0 Å². The van der Waals surface area contributed by atoms with E-state index in [9.17, 15) is 0 Å². The molecule has 2 aromatic rings. The first-order chi connectivity index (χ1) is 7.25. The predicted molar refractivity (Wildman–Crippen MR) is 60.7 cm³/mol. The van der Waals surface area contributed by atoms with E-state index in [1.54, 1.807) is 18.3 Å². The molecule has 2 N–H and O–H groups in total. The number of aromatic nitrogens is 2. The Morgan fingerprint density at radius 2 is 2.07 bits per heavy atom. The van der Waals surface area contributed by atoms with Crippen molar-refractivity contribution in [3.05, 3.63) is 41.1 Å². The molecule has 0 unspecified atom stereocenters. The van der Waals surface area contributed by atoms with E-state index in [-0.39, 0.29) is 0 Å². The first kappa shape index (κ1) is 9.92. The fourth-order valence-corrected chi connectivity index (χ4v) is 1.33. The summed E-state index contributed by atoms with van der Waals surface area (Å²) >= 11 is 3.33. The average Bonchev–Trinajstić information content (AvgIpc) is 2.25. The first-order valence-corrected chi connectivity index (χ1v) is 5.05. The van der Waals surface area contributed by atoms with Crippen LogP contribution in [0.25, 0.3) is 0 Å². The molecule has 0 radical (unpaired) electrons. The van der Waals surface area contributed by atoms with Crippen molar-refractivity contribution in [3.8, 4) is 11.8 Å². The Morgan fingerprint density at radius 3 is 2.73 bits per heavy atom. The van der Waals surface area contributed by atoms with E-state index in [0.29, 0.717) is 17.4 Å². The summed E-state index contributed by atoms with van der Waals surface area (Å²) < 4.78 is 6.22. The van der Waals surface area contributed by atoms with Gasteiger partial charge in [0.1, 0.15) is 0 Å². The van der Waals surface area contributed by atoms with Gasteiger partial charge in [-0.15, -0.1) is 0 Å². The van der Waals surface area contributed by atoms with Crippen molar-refractivity contribution in [1.29, 1.82) is 0 Å². The second-order valence-electron chi connectivity index (χ2n) is 2.82. The van der Waals surface area contributed by atoms with Gasteiger partial charge in [-0.25, -0.2) is 9.97 Å². The van der Waals surface area contributed by atoms with Crippen molar-refractivity contribution in [2.75, 3.05) is 5.73 Å². The fraction of sp³-hybridized carbons (Fsp3) is 0. The van der Waals surface area contributed by atoms with Gasteiger partial charge in [-0.3, -0.25) is 0 Å². The topological polar surface area (TPSA) is 61.0 Å². The van der Waals surface area contributed by atoms with Crippen molar-refractivity contribution in [2.45, 2.75) is 0 Å². The Labute approximate surface area is 95.2 Å². The van der Waals surface area contributed by atoms with Gasteiger partial charge < -0.3 is 10.5 Å². The second kappa shape index (κ2) is 4.27. The Morgan fingerprint density at radius 1 is 1.20 bits per heavy atom. The highest BCUT2D eigenvalue weighted by Gasteiger charge is 2.03. The number of anilines is 1. The summed E-state index contributed by atoms with van der Waals surface area (Å²) in [7, 11) is 0. The van der Waals surface area contributed by atoms with E-state index in [4.69, 9.17) is 10.5 Å². The highest BCUT2D eigenvalue weighted by Crippen LogP contribution is 2.25. The number of nitrogens with zero attached hydrogens (tertiary/aromatic N) is 2. The lowest BCUT2D eigenvalue weighted by molar-refractivity contribution is 0.442. The van der Waals surface area contributed by atoms with Crippen LogP contribution in [-0.2, 0) is 0 Å². The monoisotopic (exact) mass is 265 g/mol. The molecule has 0 aliphatic carbocycles. The van der Waals surface area contributed by atoms with Crippen LogP contribution in [0.4, 0.5) is 5.69 Å². The molecule has 2 heterocycles. The van der Waals surface area contributed by atoms with Crippen LogP contribution in [0.15, 0.2) is 41.1 Å². The van der Waals surface area contributed by atoms with Crippen LogP contribution in [0, 0.1) is 0 Å². The number of pyridine rings is 2. The van der Waals surface area contributed by atoms with E-state index in [1.807, 2.05) is 12.1 Å². The van der Waals surface area contributed by atoms with Gasteiger partial charge in [0, 0.05) is 12.3 Å². The molecule has 0 bridgehead atoms. The summed E-state index contributed by atoms with van der Waals surface area (Å²) in [6.07, 6.45) is 3.18. The minimum Gasteiger partial charge on any atom is -0.419 e. The number of halogens is 1. The first-order valence-electron chi connectivity index (χ1n) is 4.25. The fourth-order valence-electron chi connectivity index (χ4n) is 0.997. The third kappa shape index (κ3) is 2.44. The zero-order valence-electron chi connectivity index (χ0n) is 7.72.